The van der Waals surface area contributed by atoms with Crippen molar-refractivity contribution >= 4 is 39.7 Å². The molecule has 4 aromatic rings. The summed E-state index contributed by atoms with van der Waals surface area (Å²) in [6, 6.07) is 12.1. The van der Waals surface area contributed by atoms with E-state index in [1.54, 1.807) is 0 Å². The Bertz CT molecular complexity index is 1290. The Morgan fingerprint density at radius 2 is 1.88 bits per heavy atom. The Morgan fingerprint density at radius 1 is 1.03 bits per heavy atom. The second-order valence-electron chi connectivity index (χ2n) is 9.25. The van der Waals surface area contributed by atoms with Crippen molar-refractivity contribution in [3.8, 4) is 0 Å². The Hall–Kier alpha value is -3.00. The van der Waals surface area contributed by atoms with Gasteiger partial charge in [-0.25, -0.2) is 9.38 Å². The van der Waals surface area contributed by atoms with Gasteiger partial charge in [0, 0.05) is 37.0 Å². The van der Waals surface area contributed by atoms with Crippen LogP contribution < -0.4 is 4.90 Å². The van der Waals surface area contributed by atoms with Gasteiger partial charge in [-0.2, -0.15) is 0 Å². The van der Waals surface area contributed by atoms with Crippen LogP contribution in [0.4, 0.5) is 5.95 Å². The SMILES string of the molecule is CC1CN(c2nc3ccccc3c3nnc(C4CCCCC4)n23)CCN1C(=O)c1cccs1. The number of anilines is 1. The predicted molar refractivity (Wildman–Crippen MR) is 131 cm³/mol. The van der Waals surface area contributed by atoms with Crippen LogP contribution in [-0.2, 0) is 0 Å². The van der Waals surface area contributed by atoms with E-state index < -0.39 is 0 Å². The molecule has 1 saturated heterocycles. The molecule has 170 valence electrons. The molecular weight excluding hydrogens is 432 g/mol. The summed E-state index contributed by atoms with van der Waals surface area (Å²) >= 11 is 1.51. The Labute approximate surface area is 197 Å². The number of carbonyl (C=O) groups excluding carboxylic acids is 1. The first-order valence-electron chi connectivity index (χ1n) is 11.9. The fraction of sp³-hybridized carbons (Fsp3) is 0.440. The zero-order valence-electron chi connectivity index (χ0n) is 18.9. The molecule has 3 aromatic heterocycles. The van der Waals surface area contributed by atoms with Crippen molar-refractivity contribution in [2.45, 2.75) is 51.0 Å². The number of benzene rings is 1. The van der Waals surface area contributed by atoms with Crippen LogP contribution in [0.1, 0.15) is 60.4 Å². The molecule has 1 atom stereocenters. The third-order valence-corrected chi connectivity index (χ3v) is 7.98. The number of nitrogens with zero attached hydrogens (tertiary/aromatic N) is 6. The molecule has 1 aliphatic heterocycles. The number of aromatic nitrogens is 4. The molecule has 1 unspecified atom stereocenters. The van der Waals surface area contributed by atoms with Crippen LogP contribution in [0, 0.1) is 0 Å². The molecule has 0 bridgehead atoms. The average molecular weight is 461 g/mol. The van der Waals surface area contributed by atoms with Crippen molar-refractivity contribution in [3.63, 3.8) is 0 Å². The second kappa shape index (κ2) is 8.41. The minimum Gasteiger partial charge on any atom is -0.338 e. The van der Waals surface area contributed by atoms with E-state index in [0.717, 1.165) is 59.1 Å². The second-order valence-corrected chi connectivity index (χ2v) is 10.2. The van der Waals surface area contributed by atoms with Crippen molar-refractivity contribution in [1.29, 1.82) is 0 Å². The van der Waals surface area contributed by atoms with Gasteiger partial charge < -0.3 is 9.80 Å². The number of hydrogen-bond acceptors (Lipinski definition) is 6. The molecule has 1 aromatic carbocycles. The van der Waals surface area contributed by atoms with Gasteiger partial charge in [0.15, 0.2) is 5.65 Å². The van der Waals surface area contributed by atoms with Crippen LogP contribution in [0.15, 0.2) is 41.8 Å². The molecule has 8 heteroatoms. The molecule has 0 N–H and O–H groups in total. The van der Waals surface area contributed by atoms with Gasteiger partial charge in [-0.1, -0.05) is 37.5 Å². The normalized spacial score (nSPS) is 20.1. The van der Waals surface area contributed by atoms with E-state index in [9.17, 15) is 4.79 Å². The summed E-state index contributed by atoms with van der Waals surface area (Å²) in [4.78, 5) is 23.2. The number of rotatable bonds is 3. The van der Waals surface area contributed by atoms with Crippen LogP contribution in [-0.4, -0.2) is 56.1 Å². The lowest BCUT2D eigenvalue weighted by Gasteiger charge is -2.40. The van der Waals surface area contributed by atoms with E-state index in [1.807, 2.05) is 40.6 Å². The van der Waals surface area contributed by atoms with Crippen molar-refractivity contribution in [2.75, 3.05) is 24.5 Å². The minimum atomic E-state index is 0.0891. The minimum absolute atomic E-state index is 0.0891. The summed E-state index contributed by atoms with van der Waals surface area (Å²) in [5, 5.41) is 12.4. The number of carbonyl (C=O) groups is 1. The topological polar surface area (TPSA) is 66.6 Å². The first-order chi connectivity index (χ1) is 16.2. The smallest absolute Gasteiger partial charge is 0.264 e. The van der Waals surface area contributed by atoms with Gasteiger partial charge in [0.25, 0.3) is 5.91 Å². The van der Waals surface area contributed by atoms with Gasteiger partial charge >= 0.3 is 0 Å². The van der Waals surface area contributed by atoms with Crippen LogP contribution in [0.25, 0.3) is 16.6 Å². The number of piperazine rings is 1. The Kier molecular flexibility index (Phi) is 5.25. The molecular formula is C25H28N6OS. The molecule has 1 saturated carbocycles. The van der Waals surface area contributed by atoms with Gasteiger partial charge in [-0.3, -0.25) is 4.79 Å². The molecule has 2 aliphatic rings. The van der Waals surface area contributed by atoms with E-state index in [-0.39, 0.29) is 11.9 Å². The lowest BCUT2D eigenvalue weighted by Crippen LogP contribution is -2.54. The number of fused-ring (bicyclic) bond motifs is 3. The van der Waals surface area contributed by atoms with Gasteiger partial charge in [-0.05, 0) is 43.3 Å². The molecule has 6 rings (SSSR count). The maximum atomic E-state index is 13.0. The highest BCUT2D eigenvalue weighted by Crippen LogP contribution is 2.35. The first kappa shape index (κ1) is 20.6. The van der Waals surface area contributed by atoms with Gasteiger partial charge in [0.1, 0.15) is 5.82 Å². The lowest BCUT2D eigenvalue weighted by molar-refractivity contribution is 0.0678. The molecule has 33 heavy (non-hydrogen) atoms. The average Bonchev–Trinajstić information content (AvgIpc) is 3.54. The third-order valence-electron chi connectivity index (χ3n) is 7.13. The summed E-state index contributed by atoms with van der Waals surface area (Å²) < 4.78 is 2.21. The summed E-state index contributed by atoms with van der Waals surface area (Å²) in [5.41, 5.74) is 1.83. The highest BCUT2D eigenvalue weighted by molar-refractivity contribution is 7.12. The predicted octanol–water partition coefficient (Wildman–Crippen LogP) is 4.74. The van der Waals surface area contributed by atoms with E-state index in [2.05, 4.69) is 27.4 Å². The van der Waals surface area contributed by atoms with Crippen LogP contribution in [0.5, 0.6) is 0 Å². The van der Waals surface area contributed by atoms with Gasteiger partial charge in [0.05, 0.1) is 10.4 Å². The molecule has 1 aliphatic carbocycles. The zero-order valence-corrected chi connectivity index (χ0v) is 19.7. The largest absolute Gasteiger partial charge is 0.338 e. The standard InChI is InChI=1S/C25H28N6OS/c1-17-16-29(13-14-30(17)24(32)21-12-7-15-33-21)25-26-20-11-6-5-10-19(20)23-28-27-22(31(23)25)18-8-3-2-4-9-18/h5-7,10-12,15,17-18H,2-4,8-9,13-14,16H2,1H3. The molecule has 4 heterocycles. The van der Waals surface area contributed by atoms with E-state index in [4.69, 9.17) is 10.1 Å². The Morgan fingerprint density at radius 3 is 2.67 bits per heavy atom. The van der Waals surface area contributed by atoms with E-state index in [1.165, 1.54) is 30.6 Å². The number of amides is 1. The first-order valence-corrected chi connectivity index (χ1v) is 12.8. The lowest BCUT2D eigenvalue weighted by atomic mass is 9.89. The summed E-state index contributed by atoms with van der Waals surface area (Å²) in [7, 11) is 0. The molecule has 1 amide bonds. The summed E-state index contributed by atoms with van der Waals surface area (Å²) in [6.07, 6.45) is 6.12. The molecule has 0 spiro atoms. The zero-order chi connectivity index (χ0) is 22.4. The maximum absolute atomic E-state index is 13.0. The third kappa shape index (κ3) is 3.57. The number of para-hydroxylation sites is 1. The fourth-order valence-electron chi connectivity index (χ4n) is 5.41. The molecule has 7 nitrogen and oxygen atoms in total. The van der Waals surface area contributed by atoms with Gasteiger partial charge in [-0.15, -0.1) is 21.5 Å². The van der Waals surface area contributed by atoms with Crippen molar-refractivity contribution in [2.24, 2.45) is 0 Å². The number of thiophene rings is 1. The highest BCUT2D eigenvalue weighted by Gasteiger charge is 2.32. The van der Waals surface area contributed by atoms with Crippen molar-refractivity contribution in [3.05, 3.63) is 52.5 Å². The van der Waals surface area contributed by atoms with Crippen LogP contribution in [0.2, 0.25) is 0 Å². The highest BCUT2D eigenvalue weighted by atomic mass is 32.1. The van der Waals surface area contributed by atoms with Crippen LogP contribution >= 0.6 is 11.3 Å². The summed E-state index contributed by atoms with van der Waals surface area (Å²) in [6.45, 7) is 4.28. The quantitative estimate of drug-likeness (QED) is 0.442. The molecule has 2 fully saturated rings. The molecule has 0 radical (unpaired) electrons. The number of hydrogen-bond donors (Lipinski definition) is 0. The summed E-state index contributed by atoms with van der Waals surface area (Å²) in [5.74, 6) is 2.50. The monoisotopic (exact) mass is 460 g/mol. The van der Waals surface area contributed by atoms with Gasteiger partial charge in [0.2, 0.25) is 5.95 Å². The maximum Gasteiger partial charge on any atom is 0.264 e. The van der Waals surface area contributed by atoms with Crippen molar-refractivity contribution in [1.82, 2.24) is 24.5 Å². The Balaban J connectivity index is 1.39. The van der Waals surface area contributed by atoms with E-state index in [0.29, 0.717) is 12.5 Å². The van der Waals surface area contributed by atoms with Crippen molar-refractivity contribution < 1.29 is 4.79 Å². The fourth-order valence-corrected chi connectivity index (χ4v) is 6.08. The van der Waals surface area contributed by atoms with E-state index >= 15 is 0 Å². The van der Waals surface area contributed by atoms with Crippen LogP contribution in [0.3, 0.4) is 0 Å².